The molecule has 1 unspecified atom stereocenters. The molecule has 68 valence electrons. The zero-order valence-corrected chi connectivity index (χ0v) is 7.15. The van der Waals surface area contributed by atoms with Crippen molar-refractivity contribution < 1.29 is 4.79 Å². The largest absolute Gasteiger partial charge is 0.339 e. The first-order chi connectivity index (χ1) is 5.77. The van der Waals surface area contributed by atoms with Crippen molar-refractivity contribution in [2.75, 3.05) is 19.6 Å². The lowest BCUT2D eigenvalue weighted by Gasteiger charge is -2.36. The summed E-state index contributed by atoms with van der Waals surface area (Å²) in [4.78, 5) is 12.4. The number of carbonyl (C=O) groups is 1. The Labute approximate surface area is 72.6 Å². The van der Waals surface area contributed by atoms with Crippen molar-refractivity contribution in [3.8, 4) is 0 Å². The SMILES string of the molecule is C=CCC1CN(N)CCN1C=O. The van der Waals surface area contributed by atoms with Gasteiger partial charge in [0.15, 0.2) is 0 Å². The zero-order chi connectivity index (χ0) is 8.97. The monoisotopic (exact) mass is 169 g/mol. The number of rotatable bonds is 3. The third-order valence-corrected chi connectivity index (χ3v) is 2.13. The van der Waals surface area contributed by atoms with E-state index >= 15 is 0 Å². The van der Waals surface area contributed by atoms with Gasteiger partial charge >= 0.3 is 0 Å². The molecule has 0 aliphatic carbocycles. The standard InChI is InChI=1S/C8H15N3O/c1-2-3-8-6-11(9)5-4-10(8)7-12/h2,7-8H,1,3-6,9H2. The highest BCUT2D eigenvalue weighted by molar-refractivity contribution is 5.48. The maximum absolute atomic E-state index is 10.6. The summed E-state index contributed by atoms with van der Waals surface area (Å²) in [5.41, 5.74) is 0. The quantitative estimate of drug-likeness (QED) is 0.354. The Bertz CT molecular complexity index is 172. The van der Waals surface area contributed by atoms with E-state index in [1.807, 2.05) is 6.08 Å². The van der Waals surface area contributed by atoms with E-state index in [2.05, 4.69) is 6.58 Å². The van der Waals surface area contributed by atoms with E-state index in [9.17, 15) is 4.79 Å². The van der Waals surface area contributed by atoms with Crippen LogP contribution in [0.25, 0.3) is 0 Å². The maximum Gasteiger partial charge on any atom is 0.210 e. The minimum Gasteiger partial charge on any atom is -0.339 e. The number of hydrazine groups is 1. The molecule has 0 bridgehead atoms. The molecule has 1 saturated heterocycles. The second kappa shape index (κ2) is 4.23. The smallest absolute Gasteiger partial charge is 0.210 e. The summed E-state index contributed by atoms with van der Waals surface area (Å²) in [6, 6.07) is 0.207. The van der Waals surface area contributed by atoms with E-state index in [1.54, 1.807) is 9.91 Å². The Hall–Kier alpha value is -0.870. The molecule has 1 atom stereocenters. The van der Waals surface area contributed by atoms with Crippen LogP contribution in [0, 0.1) is 0 Å². The second-order valence-electron chi connectivity index (χ2n) is 3.02. The van der Waals surface area contributed by atoms with Gasteiger partial charge < -0.3 is 4.90 Å². The minimum absolute atomic E-state index is 0.207. The Morgan fingerprint density at radius 1 is 1.58 bits per heavy atom. The van der Waals surface area contributed by atoms with Crippen molar-refractivity contribution in [1.29, 1.82) is 0 Å². The summed E-state index contributed by atoms with van der Waals surface area (Å²) >= 11 is 0. The van der Waals surface area contributed by atoms with Crippen molar-refractivity contribution >= 4 is 6.41 Å². The number of hydrogen-bond acceptors (Lipinski definition) is 3. The maximum atomic E-state index is 10.6. The van der Waals surface area contributed by atoms with Crippen LogP contribution in [-0.2, 0) is 4.79 Å². The highest BCUT2D eigenvalue weighted by atomic mass is 16.1. The summed E-state index contributed by atoms with van der Waals surface area (Å²) in [5.74, 6) is 5.63. The van der Waals surface area contributed by atoms with Crippen LogP contribution in [-0.4, -0.2) is 42.0 Å². The van der Waals surface area contributed by atoms with Crippen molar-refractivity contribution in [3.05, 3.63) is 12.7 Å². The molecule has 1 aliphatic heterocycles. The molecule has 0 radical (unpaired) electrons. The number of hydrogen-bond donors (Lipinski definition) is 1. The van der Waals surface area contributed by atoms with E-state index in [0.29, 0.717) is 0 Å². The molecule has 1 aliphatic rings. The molecule has 1 amide bonds. The predicted molar refractivity (Wildman–Crippen MR) is 47.1 cm³/mol. The van der Waals surface area contributed by atoms with Gasteiger partial charge in [-0.05, 0) is 6.42 Å². The molecule has 1 heterocycles. The third kappa shape index (κ3) is 2.06. The lowest BCUT2D eigenvalue weighted by molar-refractivity contribution is -0.122. The van der Waals surface area contributed by atoms with Crippen LogP contribution in [0.1, 0.15) is 6.42 Å². The van der Waals surface area contributed by atoms with Crippen molar-refractivity contribution in [1.82, 2.24) is 9.91 Å². The number of piperazine rings is 1. The Kier molecular flexibility index (Phi) is 3.25. The number of nitrogens with zero attached hydrogens (tertiary/aromatic N) is 2. The Balaban J connectivity index is 2.50. The summed E-state index contributed by atoms with van der Waals surface area (Å²) in [6.07, 6.45) is 3.52. The first-order valence-electron chi connectivity index (χ1n) is 4.09. The van der Waals surface area contributed by atoms with E-state index in [0.717, 1.165) is 32.5 Å². The first-order valence-corrected chi connectivity index (χ1v) is 4.09. The molecule has 4 nitrogen and oxygen atoms in total. The van der Waals surface area contributed by atoms with Crippen LogP contribution in [0.3, 0.4) is 0 Å². The topological polar surface area (TPSA) is 49.6 Å². The van der Waals surface area contributed by atoms with E-state index in [-0.39, 0.29) is 6.04 Å². The van der Waals surface area contributed by atoms with Crippen LogP contribution >= 0.6 is 0 Å². The molecule has 0 saturated carbocycles. The highest BCUT2D eigenvalue weighted by Crippen LogP contribution is 2.08. The van der Waals surface area contributed by atoms with Gasteiger partial charge in [-0.15, -0.1) is 6.58 Å². The lowest BCUT2D eigenvalue weighted by Crippen LogP contribution is -2.54. The summed E-state index contributed by atoms with van der Waals surface area (Å²) in [6.45, 7) is 5.86. The average molecular weight is 169 g/mol. The fourth-order valence-corrected chi connectivity index (χ4v) is 1.43. The molecule has 2 N–H and O–H groups in total. The Morgan fingerprint density at radius 3 is 2.92 bits per heavy atom. The van der Waals surface area contributed by atoms with Gasteiger partial charge in [-0.2, -0.15) is 0 Å². The molecule has 0 aromatic rings. The average Bonchev–Trinajstić information content (AvgIpc) is 2.05. The van der Waals surface area contributed by atoms with Gasteiger partial charge in [0, 0.05) is 25.7 Å². The normalized spacial score (nSPS) is 25.4. The molecular formula is C8H15N3O. The summed E-state index contributed by atoms with van der Waals surface area (Å²) in [7, 11) is 0. The second-order valence-corrected chi connectivity index (χ2v) is 3.02. The fraction of sp³-hybridized carbons (Fsp3) is 0.625. The van der Waals surface area contributed by atoms with Crippen molar-refractivity contribution in [2.24, 2.45) is 5.84 Å². The van der Waals surface area contributed by atoms with Gasteiger partial charge in [0.1, 0.15) is 0 Å². The number of carbonyl (C=O) groups excluding carboxylic acids is 1. The minimum atomic E-state index is 0.207. The zero-order valence-electron chi connectivity index (χ0n) is 7.15. The molecule has 0 spiro atoms. The number of nitrogens with two attached hydrogens (primary N) is 1. The van der Waals surface area contributed by atoms with Crippen LogP contribution in [0.2, 0.25) is 0 Å². The van der Waals surface area contributed by atoms with E-state index in [1.165, 1.54) is 0 Å². The van der Waals surface area contributed by atoms with Crippen molar-refractivity contribution in [2.45, 2.75) is 12.5 Å². The van der Waals surface area contributed by atoms with Gasteiger partial charge in [0.2, 0.25) is 6.41 Å². The highest BCUT2D eigenvalue weighted by Gasteiger charge is 2.22. The molecule has 4 heteroatoms. The fourth-order valence-electron chi connectivity index (χ4n) is 1.43. The first kappa shape index (κ1) is 9.22. The van der Waals surface area contributed by atoms with Crippen LogP contribution < -0.4 is 5.84 Å². The van der Waals surface area contributed by atoms with Gasteiger partial charge in [-0.25, -0.2) is 5.01 Å². The number of amides is 1. The molecule has 1 rings (SSSR count). The van der Waals surface area contributed by atoms with Gasteiger partial charge in [0.25, 0.3) is 0 Å². The Morgan fingerprint density at radius 2 is 2.33 bits per heavy atom. The van der Waals surface area contributed by atoms with Gasteiger partial charge in [-0.1, -0.05) is 6.08 Å². The van der Waals surface area contributed by atoms with Gasteiger partial charge in [-0.3, -0.25) is 10.6 Å². The van der Waals surface area contributed by atoms with E-state index < -0.39 is 0 Å². The van der Waals surface area contributed by atoms with E-state index in [4.69, 9.17) is 5.84 Å². The predicted octanol–water partition coefficient (Wildman–Crippen LogP) is -0.421. The summed E-state index contributed by atoms with van der Waals surface area (Å²) in [5, 5.41) is 1.74. The van der Waals surface area contributed by atoms with Gasteiger partial charge in [0.05, 0.1) is 0 Å². The van der Waals surface area contributed by atoms with Crippen molar-refractivity contribution in [3.63, 3.8) is 0 Å². The molecule has 0 aromatic carbocycles. The molecule has 1 fully saturated rings. The lowest BCUT2D eigenvalue weighted by atomic mass is 10.1. The molecule has 0 aromatic heterocycles. The van der Waals surface area contributed by atoms with Crippen LogP contribution in [0.15, 0.2) is 12.7 Å². The van der Waals surface area contributed by atoms with Crippen LogP contribution in [0.5, 0.6) is 0 Å². The molecular weight excluding hydrogens is 154 g/mol. The third-order valence-electron chi connectivity index (χ3n) is 2.13. The summed E-state index contributed by atoms with van der Waals surface area (Å²) < 4.78 is 0. The van der Waals surface area contributed by atoms with Crippen LogP contribution in [0.4, 0.5) is 0 Å². The molecule has 12 heavy (non-hydrogen) atoms.